The van der Waals surface area contributed by atoms with Crippen LogP contribution in [0.1, 0.15) is 126 Å². The summed E-state index contributed by atoms with van der Waals surface area (Å²) in [7, 11) is 7.69. The first-order valence-electron chi connectivity index (χ1n) is 24.0. The number of aliphatic hydroxyl groups is 1. The molecule has 2 fully saturated rings. The molecule has 6 aliphatic heterocycles. The number of rotatable bonds is 16. The summed E-state index contributed by atoms with van der Waals surface area (Å²) in [6.45, 7) is 14.8. The fourth-order valence-electron chi connectivity index (χ4n) is 13.2. The summed E-state index contributed by atoms with van der Waals surface area (Å²) in [6.07, 6.45) is 1.40. The third kappa shape index (κ3) is 8.44. The highest BCUT2D eigenvalue weighted by Crippen LogP contribution is 2.66. The zero-order chi connectivity index (χ0) is 52.2. The lowest BCUT2D eigenvalue weighted by atomic mass is 9.54. The Morgan fingerprint density at radius 3 is 1.79 bits per heavy atom. The number of carbonyl (C=O) groups excluding carboxylic acids is 7. The predicted molar refractivity (Wildman–Crippen MR) is 253 cm³/mol. The van der Waals surface area contributed by atoms with E-state index in [1.807, 2.05) is 54.5 Å². The lowest BCUT2D eigenvalue weighted by Crippen LogP contribution is -2.69. The lowest BCUT2D eigenvalue weighted by molar-refractivity contribution is -0.183. The Labute approximate surface area is 410 Å². The van der Waals surface area contributed by atoms with E-state index in [4.69, 9.17) is 48.1 Å². The summed E-state index contributed by atoms with van der Waals surface area (Å²) in [5.41, 5.74) is -7.58. The van der Waals surface area contributed by atoms with Crippen molar-refractivity contribution in [3.8, 4) is 0 Å². The van der Waals surface area contributed by atoms with Crippen LogP contribution in [0.5, 0.6) is 0 Å². The van der Waals surface area contributed by atoms with Crippen LogP contribution >= 0.6 is 0 Å². The van der Waals surface area contributed by atoms with Crippen molar-refractivity contribution in [3.63, 3.8) is 0 Å². The van der Waals surface area contributed by atoms with Gasteiger partial charge in [-0.15, -0.1) is 0 Å². The minimum atomic E-state index is -2.27. The number of methoxy groups -OCH3 is 6. The first-order valence-corrected chi connectivity index (χ1v) is 24.0. The fourth-order valence-corrected chi connectivity index (χ4v) is 13.2. The van der Waals surface area contributed by atoms with Crippen LogP contribution in [0.15, 0.2) is 38.0 Å². The summed E-state index contributed by atoms with van der Waals surface area (Å²) in [4.78, 5) is 111. The largest absolute Gasteiger partial charge is 0.469 e. The highest BCUT2D eigenvalue weighted by atomic mass is 16.6. The summed E-state index contributed by atoms with van der Waals surface area (Å²) in [5.74, 6) is -6.73. The van der Waals surface area contributed by atoms with Gasteiger partial charge in [0.25, 0.3) is 0 Å². The number of esters is 7. The monoisotopic (exact) mass is 980 g/mol. The molecule has 0 radical (unpaired) electrons. The molecule has 0 aromatic rings. The van der Waals surface area contributed by atoms with E-state index in [0.29, 0.717) is 34.8 Å². The van der Waals surface area contributed by atoms with E-state index in [9.17, 15) is 38.7 Å². The molecule has 0 aliphatic carbocycles. The summed E-state index contributed by atoms with van der Waals surface area (Å²) >= 11 is 0. The van der Waals surface area contributed by atoms with E-state index in [1.54, 1.807) is 0 Å². The highest BCUT2D eigenvalue weighted by Gasteiger charge is 2.78. The van der Waals surface area contributed by atoms with Crippen LogP contribution in [0.4, 0.5) is 0 Å². The van der Waals surface area contributed by atoms with Crippen molar-refractivity contribution >= 4 is 58.9 Å². The maximum Gasteiger partial charge on any atom is 0.308 e. The molecule has 19 nitrogen and oxygen atoms in total. The lowest BCUT2D eigenvalue weighted by Gasteiger charge is -2.49. The highest BCUT2D eigenvalue weighted by molar-refractivity contribution is 6.09. The molecule has 0 aromatic heterocycles. The van der Waals surface area contributed by atoms with Gasteiger partial charge in [-0.2, -0.15) is 0 Å². The van der Waals surface area contributed by atoms with E-state index in [0.717, 1.165) is 0 Å². The average Bonchev–Trinajstić information content (AvgIpc) is 3.99. The van der Waals surface area contributed by atoms with Crippen LogP contribution in [-0.4, -0.2) is 130 Å². The van der Waals surface area contributed by atoms with Crippen molar-refractivity contribution in [2.75, 3.05) is 42.7 Å². The van der Waals surface area contributed by atoms with Gasteiger partial charge in [-0.1, -0.05) is 34.6 Å². The SMILES string of the molecule is COC(=O)CC[C@@H]1/C2=C(\C)C3=NC([C@H](CC(=O)OC)[C@@]3(C)CCC(=O)OC)[C@]3(C)N=C([C@H](CCC(=O)OC)[C@]3(C)CC(=O)OC)[C@@](C)(O)C34N/C(=C\C(=N2)C1(C)C)[C@H](CCC(=O)OC)[C@]3(C)CC(=O)O4. The van der Waals surface area contributed by atoms with E-state index in [2.05, 4.69) is 5.32 Å². The molecule has 386 valence electrons. The predicted octanol–water partition coefficient (Wildman–Crippen LogP) is 5.10. The van der Waals surface area contributed by atoms with Crippen LogP contribution in [0.25, 0.3) is 0 Å². The number of allylic oxidation sites excluding steroid dienone is 4. The smallest absolute Gasteiger partial charge is 0.308 e. The second-order valence-corrected chi connectivity index (χ2v) is 21.4. The van der Waals surface area contributed by atoms with Gasteiger partial charge < -0.3 is 43.6 Å². The van der Waals surface area contributed by atoms with Gasteiger partial charge >= 0.3 is 41.8 Å². The van der Waals surface area contributed by atoms with Gasteiger partial charge in [-0.25, -0.2) is 0 Å². The molecule has 19 heteroatoms. The molecule has 2 saturated heterocycles. The standard InChI is InChI=1S/C51H72N4O15/c1-27-41-29(16-19-35(57)65-10)45(2,3)33(52-41)24-32-28(15-18-34(56)64-9)48(6)26-40(62)70-51(48,54-32)50(8,63)44-30(17-20-36(58)66-11)47(5,25-39(61)69-14)49(7,55-44)43-31(23-38(60)68-13)46(4,42(27)53-43)22-21-37(59)67-12/h24,28-31,43,54,63H,15-23,25-26H2,1-14H3/b32-24-,41-27-/t28-,29+,30-,31-,43?,46+,47-,48-,49-,50+,51?/m0/s1. The molecule has 1 spiro atoms. The van der Waals surface area contributed by atoms with Gasteiger partial charge in [0.05, 0.1) is 79.2 Å². The van der Waals surface area contributed by atoms with Gasteiger partial charge in [0, 0.05) is 93.8 Å². The van der Waals surface area contributed by atoms with Crippen LogP contribution in [-0.2, 0) is 66.7 Å². The Kier molecular flexibility index (Phi) is 14.8. The third-order valence-corrected chi connectivity index (χ3v) is 17.6. The summed E-state index contributed by atoms with van der Waals surface area (Å²) < 4.78 is 37.8. The van der Waals surface area contributed by atoms with E-state index >= 15 is 0 Å². The minimum absolute atomic E-state index is 0.0134. The Bertz CT molecular complexity index is 2370. The minimum Gasteiger partial charge on any atom is -0.469 e. The van der Waals surface area contributed by atoms with Crippen LogP contribution < -0.4 is 5.32 Å². The van der Waals surface area contributed by atoms with Gasteiger partial charge in [-0.05, 0) is 58.1 Å². The number of nitrogens with one attached hydrogen (secondary N) is 1. The molecule has 0 saturated carbocycles. The molecule has 6 heterocycles. The van der Waals surface area contributed by atoms with Gasteiger partial charge in [-0.3, -0.25) is 48.5 Å². The molecule has 70 heavy (non-hydrogen) atoms. The first-order chi connectivity index (χ1) is 32.7. The molecule has 8 bridgehead atoms. The van der Waals surface area contributed by atoms with E-state index in [-0.39, 0.29) is 69.9 Å². The zero-order valence-corrected chi connectivity index (χ0v) is 43.2. The third-order valence-electron chi connectivity index (χ3n) is 17.6. The second-order valence-electron chi connectivity index (χ2n) is 21.4. The molecule has 6 rings (SSSR count). The van der Waals surface area contributed by atoms with Crippen molar-refractivity contribution in [3.05, 3.63) is 23.0 Å². The normalized spacial score (nSPS) is 37.4. The number of hydrogen-bond acceptors (Lipinski definition) is 19. The van der Waals surface area contributed by atoms with Crippen LogP contribution in [0, 0.1) is 45.3 Å². The quantitative estimate of drug-likeness (QED) is 0.151. The molecule has 11 atom stereocenters. The molecular formula is C51H72N4O15. The Balaban J connectivity index is 1.81. The molecule has 2 N–H and O–H groups in total. The van der Waals surface area contributed by atoms with Crippen molar-refractivity contribution < 1.29 is 71.8 Å². The molecule has 2 unspecified atom stereocenters. The van der Waals surface area contributed by atoms with Crippen molar-refractivity contribution in [1.29, 1.82) is 0 Å². The van der Waals surface area contributed by atoms with E-state index in [1.165, 1.54) is 49.6 Å². The van der Waals surface area contributed by atoms with Gasteiger partial charge in [0.2, 0.25) is 5.72 Å². The maximum absolute atomic E-state index is 14.1. The Morgan fingerprint density at radius 1 is 0.729 bits per heavy atom. The van der Waals surface area contributed by atoms with Crippen molar-refractivity contribution in [2.24, 2.45) is 60.3 Å². The molecule has 6 aliphatic rings. The zero-order valence-electron chi connectivity index (χ0n) is 43.2. The maximum atomic E-state index is 14.1. The van der Waals surface area contributed by atoms with Gasteiger partial charge in [0.1, 0.15) is 0 Å². The molecule has 0 amide bonds. The number of nitrogens with zero attached hydrogens (tertiary/aromatic N) is 3. The number of aliphatic imine (C=N–C) groups is 3. The van der Waals surface area contributed by atoms with Crippen molar-refractivity contribution in [1.82, 2.24) is 5.32 Å². The van der Waals surface area contributed by atoms with Crippen LogP contribution in [0.2, 0.25) is 0 Å². The number of fused-ring (bicyclic) bond motifs is 5. The average molecular weight is 981 g/mol. The summed E-state index contributed by atoms with van der Waals surface area (Å²) in [5, 5.41) is 17.5. The van der Waals surface area contributed by atoms with Crippen molar-refractivity contribution in [2.45, 2.75) is 149 Å². The number of ether oxygens (including phenoxy) is 7. The number of hydrogen-bond donors (Lipinski definition) is 2. The Morgan fingerprint density at radius 2 is 1.24 bits per heavy atom. The first kappa shape index (κ1) is 53.9. The fraction of sp³-hybridized carbons (Fsp3) is 0.725. The van der Waals surface area contributed by atoms with Crippen LogP contribution in [0.3, 0.4) is 0 Å². The van der Waals surface area contributed by atoms with E-state index < -0.39 is 110 Å². The summed E-state index contributed by atoms with van der Waals surface area (Å²) in [6, 6.07) is -1.02. The second kappa shape index (κ2) is 19.3. The topological polar surface area (TPSA) is 253 Å². The number of carbonyl (C=O) groups is 7. The molecular weight excluding hydrogens is 909 g/mol. The molecule has 0 aromatic carbocycles. The van der Waals surface area contributed by atoms with Gasteiger partial charge in [0.15, 0.2) is 5.60 Å². The Hall–Kier alpha value is -5.46.